The summed E-state index contributed by atoms with van der Waals surface area (Å²) in [5, 5.41) is 11.2. The van der Waals surface area contributed by atoms with Crippen molar-refractivity contribution in [3.8, 4) is 0 Å². The van der Waals surface area contributed by atoms with E-state index in [9.17, 15) is 10.1 Å². The smallest absolute Gasteiger partial charge is 0.315 e. The monoisotopic (exact) mass is 259 g/mol. The minimum atomic E-state index is -0.425. The lowest BCUT2D eigenvalue weighted by Gasteiger charge is -2.29. The van der Waals surface area contributed by atoms with Crippen molar-refractivity contribution in [1.29, 1.82) is 0 Å². The van der Waals surface area contributed by atoms with Crippen LogP contribution in [0, 0.1) is 10.1 Å². The lowest BCUT2D eigenvalue weighted by molar-refractivity contribution is -0.383. The van der Waals surface area contributed by atoms with Gasteiger partial charge in [-0.3, -0.25) is 10.1 Å². The van der Waals surface area contributed by atoms with E-state index in [4.69, 9.17) is 5.73 Å². The summed E-state index contributed by atoms with van der Waals surface area (Å²) in [5.41, 5.74) is 6.43. The van der Waals surface area contributed by atoms with Gasteiger partial charge >= 0.3 is 5.69 Å². The third-order valence-electron chi connectivity index (χ3n) is 3.31. The van der Waals surface area contributed by atoms with Crippen LogP contribution >= 0.6 is 0 Å². The van der Waals surface area contributed by atoms with E-state index in [1.54, 1.807) is 24.4 Å². The molecule has 0 saturated heterocycles. The zero-order valence-corrected chi connectivity index (χ0v) is 10.2. The van der Waals surface area contributed by atoms with E-state index in [-0.39, 0.29) is 11.4 Å². The molecule has 0 radical (unpaired) electrons. The molecule has 98 valence electrons. The molecule has 7 nitrogen and oxygen atoms in total. The van der Waals surface area contributed by atoms with Gasteiger partial charge in [0, 0.05) is 25.5 Å². The van der Waals surface area contributed by atoms with Gasteiger partial charge in [-0.25, -0.2) is 4.98 Å². The fourth-order valence-corrected chi connectivity index (χ4v) is 2.38. The number of nitro groups is 1. The van der Waals surface area contributed by atoms with Crippen LogP contribution in [0.2, 0.25) is 0 Å². The van der Waals surface area contributed by atoms with Crippen molar-refractivity contribution >= 4 is 17.1 Å². The molecule has 0 amide bonds. The first-order valence-corrected chi connectivity index (χ1v) is 5.94. The van der Waals surface area contributed by atoms with Crippen LogP contribution in [0.3, 0.4) is 0 Å². The van der Waals surface area contributed by atoms with Gasteiger partial charge in [0.1, 0.15) is 17.2 Å². The van der Waals surface area contributed by atoms with Crippen molar-refractivity contribution < 1.29 is 4.92 Å². The Balaban J connectivity index is 2.00. The van der Waals surface area contributed by atoms with E-state index in [2.05, 4.69) is 9.55 Å². The molecule has 3 rings (SSSR count). The number of benzene rings is 1. The van der Waals surface area contributed by atoms with Crippen LogP contribution in [-0.2, 0) is 13.1 Å². The number of hydrogen-bond acceptors (Lipinski definition) is 5. The van der Waals surface area contributed by atoms with Crippen LogP contribution in [0.4, 0.5) is 17.1 Å². The quantitative estimate of drug-likeness (QED) is 0.500. The van der Waals surface area contributed by atoms with Crippen LogP contribution in [0.5, 0.6) is 0 Å². The van der Waals surface area contributed by atoms with Crippen molar-refractivity contribution in [3.05, 3.63) is 46.5 Å². The average molecular weight is 259 g/mol. The average Bonchev–Trinajstić information content (AvgIpc) is 2.85. The first-order valence-electron chi connectivity index (χ1n) is 5.94. The number of imidazole rings is 1. The predicted octanol–water partition coefficient (Wildman–Crippen LogP) is 1.39. The first-order chi connectivity index (χ1) is 9.16. The van der Waals surface area contributed by atoms with E-state index in [0.717, 1.165) is 12.4 Å². The Hall–Kier alpha value is -2.57. The molecule has 0 fully saturated rings. The Morgan fingerprint density at radius 3 is 3.00 bits per heavy atom. The van der Waals surface area contributed by atoms with Gasteiger partial charge in [0.15, 0.2) is 0 Å². The number of hydrogen-bond donors (Lipinski definition) is 1. The number of nitrogen functional groups attached to an aromatic ring is 1. The van der Waals surface area contributed by atoms with Gasteiger partial charge in [0.2, 0.25) is 0 Å². The minimum Gasteiger partial charge on any atom is -0.393 e. The molecule has 0 unspecified atom stereocenters. The van der Waals surface area contributed by atoms with Gasteiger partial charge in [0.25, 0.3) is 0 Å². The first kappa shape index (κ1) is 11.5. The number of nitro benzene ring substituents is 1. The molecule has 1 aliphatic heterocycles. The Morgan fingerprint density at radius 2 is 2.21 bits per heavy atom. The molecule has 0 atom stereocenters. The van der Waals surface area contributed by atoms with E-state index >= 15 is 0 Å². The molecule has 1 aromatic heterocycles. The molecule has 0 saturated carbocycles. The molecular weight excluding hydrogens is 246 g/mol. The van der Waals surface area contributed by atoms with E-state index in [1.165, 1.54) is 0 Å². The molecule has 7 heteroatoms. The van der Waals surface area contributed by atoms with E-state index < -0.39 is 4.92 Å². The van der Waals surface area contributed by atoms with Crippen LogP contribution in [0.1, 0.15) is 5.82 Å². The Bertz CT molecular complexity index is 637. The Kier molecular flexibility index (Phi) is 2.59. The van der Waals surface area contributed by atoms with E-state index in [0.29, 0.717) is 18.8 Å². The standard InChI is InChI=1S/C12H13N5O2/c13-9-2-1-3-10(12(9)17(18)19)16-7-6-15-5-4-14-11(15)8-16/h1-5H,6-8,13H2. The molecule has 1 aromatic carbocycles. The highest BCUT2D eigenvalue weighted by Gasteiger charge is 2.25. The second kappa shape index (κ2) is 4.27. The van der Waals surface area contributed by atoms with Crippen LogP contribution in [0.15, 0.2) is 30.6 Å². The normalized spacial score (nSPS) is 14.2. The number of nitrogens with two attached hydrogens (primary N) is 1. The number of fused-ring (bicyclic) bond motifs is 1. The maximum atomic E-state index is 11.2. The summed E-state index contributed by atoms with van der Waals surface area (Å²) in [6.45, 7) is 2.02. The van der Waals surface area contributed by atoms with Crippen LogP contribution in [-0.4, -0.2) is 21.0 Å². The number of para-hydroxylation sites is 1. The lowest BCUT2D eigenvalue weighted by Crippen LogP contribution is -2.34. The summed E-state index contributed by atoms with van der Waals surface area (Å²) < 4.78 is 2.05. The van der Waals surface area contributed by atoms with Crippen molar-refractivity contribution in [1.82, 2.24) is 9.55 Å². The fourth-order valence-electron chi connectivity index (χ4n) is 2.38. The largest absolute Gasteiger partial charge is 0.393 e. The van der Waals surface area contributed by atoms with Gasteiger partial charge in [-0.05, 0) is 12.1 Å². The lowest BCUT2D eigenvalue weighted by atomic mass is 10.2. The minimum absolute atomic E-state index is 0.0255. The van der Waals surface area contributed by atoms with Crippen LogP contribution < -0.4 is 10.6 Å². The van der Waals surface area contributed by atoms with Gasteiger partial charge < -0.3 is 15.2 Å². The molecule has 2 N–H and O–H groups in total. The van der Waals surface area contributed by atoms with Gasteiger partial charge in [-0.1, -0.05) is 6.07 Å². The maximum absolute atomic E-state index is 11.2. The van der Waals surface area contributed by atoms with Crippen LogP contribution in [0.25, 0.3) is 0 Å². The summed E-state index contributed by atoms with van der Waals surface area (Å²) in [5.74, 6) is 0.906. The zero-order valence-electron chi connectivity index (χ0n) is 10.2. The fraction of sp³-hybridized carbons (Fsp3) is 0.250. The molecule has 0 spiro atoms. The molecule has 0 bridgehead atoms. The zero-order chi connectivity index (χ0) is 13.4. The number of rotatable bonds is 2. The summed E-state index contributed by atoms with van der Waals surface area (Å²) in [6, 6.07) is 5.01. The highest BCUT2D eigenvalue weighted by Crippen LogP contribution is 2.34. The van der Waals surface area contributed by atoms with Crippen molar-refractivity contribution in [3.63, 3.8) is 0 Å². The summed E-state index contributed by atoms with van der Waals surface area (Å²) >= 11 is 0. The topological polar surface area (TPSA) is 90.2 Å². The summed E-state index contributed by atoms with van der Waals surface area (Å²) in [4.78, 5) is 16.9. The number of aromatic nitrogens is 2. The van der Waals surface area contributed by atoms with Crippen molar-refractivity contribution in [2.45, 2.75) is 13.1 Å². The van der Waals surface area contributed by atoms with Crippen molar-refractivity contribution in [2.24, 2.45) is 0 Å². The second-order valence-electron chi connectivity index (χ2n) is 4.43. The van der Waals surface area contributed by atoms with Gasteiger partial charge in [-0.2, -0.15) is 0 Å². The van der Waals surface area contributed by atoms with Gasteiger partial charge in [-0.15, -0.1) is 0 Å². The molecule has 19 heavy (non-hydrogen) atoms. The molecule has 1 aliphatic rings. The Morgan fingerprint density at radius 1 is 1.37 bits per heavy atom. The predicted molar refractivity (Wildman–Crippen MR) is 70.8 cm³/mol. The number of nitrogens with zero attached hydrogens (tertiary/aromatic N) is 4. The number of anilines is 2. The molecule has 0 aliphatic carbocycles. The maximum Gasteiger partial charge on any atom is 0.315 e. The highest BCUT2D eigenvalue weighted by molar-refractivity contribution is 5.75. The summed E-state index contributed by atoms with van der Waals surface area (Å²) in [7, 11) is 0. The SMILES string of the molecule is Nc1cccc(N2CCn3ccnc3C2)c1[N+](=O)[O-]. The third kappa shape index (κ3) is 1.88. The van der Waals surface area contributed by atoms with Gasteiger partial charge in [0.05, 0.1) is 11.5 Å². The third-order valence-corrected chi connectivity index (χ3v) is 3.31. The highest BCUT2D eigenvalue weighted by atomic mass is 16.6. The molecular formula is C12H13N5O2. The summed E-state index contributed by atoms with van der Waals surface area (Å²) in [6.07, 6.45) is 3.66. The molecule has 2 aromatic rings. The second-order valence-corrected chi connectivity index (χ2v) is 4.43. The Labute approximate surface area is 109 Å². The van der Waals surface area contributed by atoms with Crippen molar-refractivity contribution in [2.75, 3.05) is 17.2 Å². The molecule has 2 heterocycles. The van der Waals surface area contributed by atoms with E-state index in [1.807, 2.05) is 11.1 Å².